The van der Waals surface area contributed by atoms with Crippen LogP contribution in [0, 0.1) is 0 Å². The average Bonchev–Trinajstić information content (AvgIpc) is 2.47. The second-order valence-electron chi connectivity index (χ2n) is 3.72. The molecular weight excluding hydrogens is 260 g/mol. The molecule has 0 saturated heterocycles. The molecule has 5 nitrogen and oxygen atoms in total. The molecule has 0 fully saturated rings. The van der Waals surface area contributed by atoms with Gasteiger partial charge in [-0.15, -0.1) is 11.8 Å². The van der Waals surface area contributed by atoms with Crippen LogP contribution in [-0.4, -0.2) is 29.2 Å². The predicted molar refractivity (Wildman–Crippen MR) is 77.8 cm³/mol. The smallest absolute Gasteiger partial charge is 0.275 e. The zero-order chi connectivity index (χ0) is 13.7. The summed E-state index contributed by atoms with van der Waals surface area (Å²) in [6.07, 6.45) is 4.95. The maximum Gasteiger partial charge on any atom is 0.275 e. The largest absolute Gasteiger partial charge is 0.372 e. The number of aromatic nitrogens is 2. The summed E-state index contributed by atoms with van der Waals surface area (Å²) in [5, 5.41) is 5.65. The fourth-order valence-electron chi connectivity index (χ4n) is 1.47. The lowest BCUT2D eigenvalue weighted by molar-refractivity contribution is 0.102. The van der Waals surface area contributed by atoms with Gasteiger partial charge in [-0.1, -0.05) is 6.07 Å². The van der Waals surface area contributed by atoms with E-state index >= 15 is 0 Å². The summed E-state index contributed by atoms with van der Waals surface area (Å²) in [5.74, 6) is 0.356. The van der Waals surface area contributed by atoms with Crippen LogP contribution in [0.15, 0.2) is 41.6 Å². The number of hydrogen-bond donors (Lipinski definition) is 2. The van der Waals surface area contributed by atoms with E-state index in [1.807, 2.05) is 30.5 Å². The highest BCUT2D eigenvalue weighted by Gasteiger charge is 2.08. The third-order valence-electron chi connectivity index (χ3n) is 2.47. The third kappa shape index (κ3) is 3.45. The summed E-state index contributed by atoms with van der Waals surface area (Å²) in [6.45, 7) is 0. The minimum absolute atomic E-state index is 0.270. The fraction of sp³-hybridized carbons (Fsp3) is 0.154. The van der Waals surface area contributed by atoms with Gasteiger partial charge in [-0.25, -0.2) is 9.97 Å². The molecule has 1 heterocycles. The average molecular weight is 274 g/mol. The van der Waals surface area contributed by atoms with Gasteiger partial charge in [0.1, 0.15) is 11.5 Å². The summed E-state index contributed by atoms with van der Waals surface area (Å²) in [7, 11) is 1.75. The molecule has 2 aromatic rings. The van der Waals surface area contributed by atoms with Crippen molar-refractivity contribution in [2.45, 2.75) is 4.90 Å². The summed E-state index contributed by atoms with van der Waals surface area (Å²) >= 11 is 1.62. The molecule has 1 aromatic carbocycles. The monoisotopic (exact) mass is 274 g/mol. The Bertz CT molecular complexity index is 571. The number of anilines is 2. The number of nitrogens with zero attached hydrogens (tertiary/aromatic N) is 2. The van der Waals surface area contributed by atoms with Crippen molar-refractivity contribution in [2.24, 2.45) is 0 Å². The number of nitrogens with one attached hydrogen (secondary N) is 2. The fourth-order valence-corrected chi connectivity index (χ4v) is 1.93. The second kappa shape index (κ2) is 6.19. The Morgan fingerprint density at radius 1 is 1.26 bits per heavy atom. The first-order valence-electron chi connectivity index (χ1n) is 5.68. The number of rotatable bonds is 4. The molecule has 0 aliphatic heterocycles. The van der Waals surface area contributed by atoms with E-state index in [0.717, 1.165) is 10.6 Å². The van der Waals surface area contributed by atoms with E-state index in [0.29, 0.717) is 5.82 Å². The Labute approximate surface area is 115 Å². The van der Waals surface area contributed by atoms with Crippen molar-refractivity contribution in [1.82, 2.24) is 9.97 Å². The van der Waals surface area contributed by atoms with Gasteiger partial charge in [0.15, 0.2) is 0 Å². The molecule has 0 aliphatic rings. The van der Waals surface area contributed by atoms with Crippen molar-refractivity contribution in [1.29, 1.82) is 0 Å². The Balaban J connectivity index is 2.11. The summed E-state index contributed by atoms with van der Waals surface area (Å²) in [6, 6.07) is 7.64. The topological polar surface area (TPSA) is 66.9 Å². The number of benzene rings is 1. The SMILES string of the molecule is CNc1cnc(C(=O)Nc2cccc(SC)c2)cn1. The van der Waals surface area contributed by atoms with E-state index in [-0.39, 0.29) is 11.6 Å². The Morgan fingerprint density at radius 3 is 2.74 bits per heavy atom. The Hall–Kier alpha value is -2.08. The molecule has 0 radical (unpaired) electrons. The highest BCUT2D eigenvalue weighted by atomic mass is 32.2. The van der Waals surface area contributed by atoms with Gasteiger partial charge in [-0.05, 0) is 24.5 Å². The van der Waals surface area contributed by atoms with E-state index in [1.165, 1.54) is 12.4 Å². The predicted octanol–water partition coefficient (Wildman–Crippen LogP) is 2.49. The number of thioether (sulfide) groups is 1. The lowest BCUT2D eigenvalue weighted by atomic mass is 10.3. The van der Waals surface area contributed by atoms with E-state index in [2.05, 4.69) is 20.6 Å². The highest BCUT2D eigenvalue weighted by molar-refractivity contribution is 7.98. The Morgan fingerprint density at radius 2 is 2.11 bits per heavy atom. The van der Waals surface area contributed by atoms with Crippen molar-refractivity contribution < 1.29 is 4.79 Å². The van der Waals surface area contributed by atoms with E-state index in [4.69, 9.17) is 0 Å². The lowest BCUT2D eigenvalue weighted by Gasteiger charge is -2.06. The molecule has 98 valence electrons. The molecule has 0 atom stereocenters. The van der Waals surface area contributed by atoms with Crippen molar-refractivity contribution >= 4 is 29.2 Å². The zero-order valence-electron chi connectivity index (χ0n) is 10.7. The van der Waals surface area contributed by atoms with Crippen LogP contribution in [0.4, 0.5) is 11.5 Å². The van der Waals surface area contributed by atoms with Crippen molar-refractivity contribution in [3.05, 3.63) is 42.4 Å². The van der Waals surface area contributed by atoms with Gasteiger partial charge in [-0.3, -0.25) is 4.79 Å². The molecule has 6 heteroatoms. The number of amides is 1. The molecule has 0 aliphatic carbocycles. The van der Waals surface area contributed by atoms with Gasteiger partial charge >= 0.3 is 0 Å². The quantitative estimate of drug-likeness (QED) is 0.838. The summed E-state index contributed by atoms with van der Waals surface area (Å²) in [4.78, 5) is 21.2. The molecule has 0 spiro atoms. The molecule has 1 amide bonds. The van der Waals surface area contributed by atoms with Crippen LogP contribution in [0.3, 0.4) is 0 Å². The van der Waals surface area contributed by atoms with Crippen molar-refractivity contribution in [3.8, 4) is 0 Å². The minimum Gasteiger partial charge on any atom is -0.372 e. The maximum absolute atomic E-state index is 12.0. The summed E-state index contributed by atoms with van der Waals surface area (Å²) in [5.41, 5.74) is 1.03. The molecular formula is C13H14N4OS. The molecule has 2 N–H and O–H groups in total. The van der Waals surface area contributed by atoms with E-state index in [9.17, 15) is 4.79 Å². The van der Waals surface area contributed by atoms with Gasteiger partial charge in [0, 0.05) is 17.6 Å². The first-order chi connectivity index (χ1) is 9.22. The van der Waals surface area contributed by atoms with Crippen LogP contribution in [0.25, 0.3) is 0 Å². The Kier molecular flexibility index (Phi) is 4.35. The molecule has 19 heavy (non-hydrogen) atoms. The van der Waals surface area contributed by atoms with Crippen LogP contribution >= 0.6 is 11.8 Å². The van der Waals surface area contributed by atoms with Gasteiger partial charge in [0.05, 0.1) is 12.4 Å². The van der Waals surface area contributed by atoms with Crippen LogP contribution in [0.5, 0.6) is 0 Å². The number of hydrogen-bond acceptors (Lipinski definition) is 5. The molecule has 0 unspecified atom stereocenters. The maximum atomic E-state index is 12.0. The third-order valence-corrected chi connectivity index (χ3v) is 3.19. The van der Waals surface area contributed by atoms with Crippen molar-refractivity contribution in [2.75, 3.05) is 23.9 Å². The van der Waals surface area contributed by atoms with Crippen LogP contribution in [0.2, 0.25) is 0 Å². The van der Waals surface area contributed by atoms with Gasteiger partial charge in [0.2, 0.25) is 0 Å². The first-order valence-corrected chi connectivity index (χ1v) is 6.90. The number of carbonyl (C=O) groups is 1. The normalized spacial score (nSPS) is 10.0. The zero-order valence-corrected chi connectivity index (χ0v) is 11.5. The minimum atomic E-state index is -0.270. The van der Waals surface area contributed by atoms with Gasteiger partial charge in [0.25, 0.3) is 5.91 Å². The molecule has 0 bridgehead atoms. The number of carbonyl (C=O) groups excluding carboxylic acids is 1. The van der Waals surface area contributed by atoms with Gasteiger partial charge < -0.3 is 10.6 Å². The standard InChI is InChI=1S/C13H14N4OS/c1-14-12-8-15-11(7-16-12)13(18)17-9-4-3-5-10(6-9)19-2/h3-8H,1-2H3,(H,14,16)(H,17,18). The highest BCUT2D eigenvalue weighted by Crippen LogP contribution is 2.19. The molecule has 1 aromatic heterocycles. The second-order valence-corrected chi connectivity index (χ2v) is 4.60. The van der Waals surface area contributed by atoms with E-state index < -0.39 is 0 Å². The first kappa shape index (κ1) is 13.4. The van der Waals surface area contributed by atoms with E-state index in [1.54, 1.807) is 18.8 Å². The van der Waals surface area contributed by atoms with Crippen LogP contribution in [-0.2, 0) is 0 Å². The summed E-state index contributed by atoms with van der Waals surface area (Å²) < 4.78 is 0. The molecule has 2 rings (SSSR count). The van der Waals surface area contributed by atoms with Crippen LogP contribution < -0.4 is 10.6 Å². The molecule has 0 saturated carbocycles. The van der Waals surface area contributed by atoms with Crippen LogP contribution in [0.1, 0.15) is 10.5 Å². The lowest BCUT2D eigenvalue weighted by Crippen LogP contribution is -2.14. The van der Waals surface area contributed by atoms with Crippen molar-refractivity contribution in [3.63, 3.8) is 0 Å². The van der Waals surface area contributed by atoms with Gasteiger partial charge in [-0.2, -0.15) is 0 Å².